The predicted octanol–water partition coefficient (Wildman–Crippen LogP) is 1.80. The number of pyridine rings is 1. The number of nitrogens with one attached hydrogen (secondary N) is 1. The van der Waals surface area contributed by atoms with Crippen molar-refractivity contribution in [1.82, 2.24) is 19.8 Å². The molecule has 2 heterocycles. The van der Waals surface area contributed by atoms with Gasteiger partial charge in [-0.25, -0.2) is 8.42 Å². The largest absolute Gasteiger partial charge is 0.338 e. The first-order valence-corrected chi connectivity index (χ1v) is 7.95. The van der Waals surface area contributed by atoms with Gasteiger partial charge in [0, 0.05) is 17.8 Å². The molecular weight excluding hydrogens is 292 g/mol. The molecule has 1 N–H and O–H groups in total. The van der Waals surface area contributed by atoms with Gasteiger partial charge in [0.25, 0.3) is 0 Å². The summed E-state index contributed by atoms with van der Waals surface area (Å²) in [4.78, 5) is 8.13. The summed E-state index contributed by atoms with van der Waals surface area (Å²) < 4.78 is 32.0. The van der Waals surface area contributed by atoms with Gasteiger partial charge in [0.05, 0.1) is 6.04 Å². The monoisotopic (exact) mass is 310 g/mol. The quantitative estimate of drug-likeness (QED) is 0.924. The maximum absolute atomic E-state index is 12.2. The lowest BCUT2D eigenvalue weighted by molar-refractivity contribution is 0.343. The minimum Gasteiger partial charge on any atom is -0.338 e. The van der Waals surface area contributed by atoms with Crippen LogP contribution in [0.4, 0.5) is 0 Å². The molecule has 1 atom stereocenters. The van der Waals surface area contributed by atoms with Gasteiger partial charge in [0.15, 0.2) is 5.82 Å². The summed E-state index contributed by atoms with van der Waals surface area (Å²) in [5, 5.41) is 3.88. The number of rotatable bonds is 4. The summed E-state index contributed by atoms with van der Waals surface area (Å²) in [7, 11) is -3.67. The molecule has 21 heavy (non-hydrogen) atoms. The van der Waals surface area contributed by atoms with Crippen LogP contribution in [0.1, 0.15) is 45.5 Å². The van der Waals surface area contributed by atoms with Crippen LogP contribution in [0.15, 0.2) is 33.9 Å². The van der Waals surface area contributed by atoms with Gasteiger partial charge in [-0.2, -0.15) is 9.71 Å². The Morgan fingerprint density at radius 2 is 2.05 bits per heavy atom. The van der Waals surface area contributed by atoms with Crippen LogP contribution in [0.5, 0.6) is 0 Å². The van der Waals surface area contributed by atoms with Crippen LogP contribution in [0, 0.1) is 0 Å². The highest BCUT2D eigenvalue weighted by Crippen LogP contribution is 2.21. The number of aromatic nitrogens is 3. The van der Waals surface area contributed by atoms with Crippen molar-refractivity contribution in [3.05, 3.63) is 36.2 Å². The molecule has 2 rings (SSSR count). The van der Waals surface area contributed by atoms with Crippen molar-refractivity contribution in [3.63, 3.8) is 0 Å². The topological polar surface area (TPSA) is 98.0 Å². The highest BCUT2D eigenvalue weighted by Gasteiger charge is 2.26. The maximum Gasteiger partial charge on any atom is 0.244 e. The molecule has 0 fully saturated rings. The van der Waals surface area contributed by atoms with E-state index in [0.29, 0.717) is 5.82 Å². The van der Waals surface area contributed by atoms with Crippen molar-refractivity contribution in [3.8, 4) is 0 Å². The normalized spacial score (nSPS) is 14.1. The summed E-state index contributed by atoms with van der Waals surface area (Å²) in [5.41, 5.74) is -0.260. The SMILES string of the molecule is CC(NS(=O)(=O)c1cccnc1)c1nc(C(C)(C)C)no1. The minimum absolute atomic E-state index is 0.0902. The molecule has 0 amide bonds. The summed E-state index contributed by atoms with van der Waals surface area (Å²) in [6, 6.07) is 2.40. The Labute approximate surface area is 123 Å². The van der Waals surface area contributed by atoms with Crippen LogP contribution in [-0.4, -0.2) is 23.5 Å². The molecule has 0 saturated carbocycles. The van der Waals surface area contributed by atoms with Gasteiger partial charge in [-0.15, -0.1) is 0 Å². The van der Waals surface area contributed by atoms with E-state index in [9.17, 15) is 8.42 Å². The molecule has 1 unspecified atom stereocenters. The van der Waals surface area contributed by atoms with Crippen molar-refractivity contribution < 1.29 is 12.9 Å². The van der Waals surface area contributed by atoms with Crippen LogP contribution in [-0.2, 0) is 15.4 Å². The molecule has 7 nitrogen and oxygen atoms in total. The van der Waals surface area contributed by atoms with E-state index in [1.807, 2.05) is 20.8 Å². The van der Waals surface area contributed by atoms with Crippen molar-refractivity contribution in [1.29, 1.82) is 0 Å². The summed E-state index contributed by atoms with van der Waals surface area (Å²) in [6.07, 6.45) is 2.79. The van der Waals surface area contributed by atoms with Crippen LogP contribution < -0.4 is 4.72 Å². The molecule has 0 spiro atoms. The summed E-state index contributed by atoms with van der Waals surface area (Å²) >= 11 is 0. The molecular formula is C13H18N4O3S. The van der Waals surface area contributed by atoms with Gasteiger partial charge in [-0.05, 0) is 19.1 Å². The number of sulfonamides is 1. The van der Waals surface area contributed by atoms with Crippen molar-refractivity contribution in [2.24, 2.45) is 0 Å². The standard InChI is InChI=1S/C13H18N4O3S/c1-9(11-15-12(16-20-11)13(2,3)4)17-21(18,19)10-6-5-7-14-8-10/h5-9,17H,1-4H3. The first-order chi connectivity index (χ1) is 9.70. The third-order valence-electron chi connectivity index (χ3n) is 2.76. The Morgan fingerprint density at radius 1 is 1.33 bits per heavy atom. The van der Waals surface area contributed by atoms with Crippen molar-refractivity contribution >= 4 is 10.0 Å². The van der Waals surface area contributed by atoms with E-state index in [0.717, 1.165) is 0 Å². The minimum atomic E-state index is -3.67. The van der Waals surface area contributed by atoms with Gasteiger partial charge >= 0.3 is 0 Å². The van der Waals surface area contributed by atoms with E-state index < -0.39 is 16.1 Å². The zero-order valence-electron chi connectivity index (χ0n) is 12.4. The van der Waals surface area contributed by atoms with Crippen LogP contribution in [0.3, 0.4) is 0 Å². The van der Waals surface area contributed by atoms with Gasteiger partial charge in [0.2, 0.25) is 15.9 Å². The fourth-order valence-electron chi connectivity index (χ4n) is 1.57. The first-order valence-electron chi connectivity index (χ1n) is 6.46. The van der Waals surface area contributed by atoms with Gasteiger partial charge in [-0.1, -0.05) is 25.9 Å². The van der Waals surface area contributed by atoms with E-state index in [4.69, 9.17) is 4.52 Å². The predicted molar refractivity (Wildman–Crippen MR) is 76.0 cm³/mol. The van der Waals surface area contributed by atoms with E-state index in [1.165, 1.54) is 18.5 Å². The molecule has 2 aromatic rings. The maximum atomic E-state index is 12.2. The number of hydrogen-bond donors (Lipinski definition) is 1. The highest BCUT2D eigenvalue weighted by atomic mass is 32.2. The lowest BCUT2D eigenvalue weighted by Crippen LogP contribution is -2.27. The molecule has 0 aliphatic heterocycles. The lowest BCUT2D eigenvalue weighted by Gasteiger charge is -2.12. The molecule has 2 aromatic heterocycles. The molecule has 8 heteroatoms. The zero-order valence-corrected chi connectivity index (χ0v) is 13.2. The molecule has 114 valence electrons. The summed E-state index contributed by atoms with van der Waals surface area (Å²) in [5.74, 6) is 0.761. The number of nitrogens with zero attached hydrogens (tertiary/aromatic N) is 3. The van der Waals surface area contributed by atoms with Crippen molar-refractivity contribution in [2.45, 2.75) is 44.0 Å². The average molecular weight is 310 g/mol. The Morgan fingerprint density at radius 3 is 2.57 bits per heavy atom. The van der Waals surface area contributed by atoms with Crippen LogP contribution in [0.25, 0.3) is 0 Å². The van der Waals surface area contributed by atoms with E-state index >= 15 is 0 Å². The van der Waals surface area contributed by atoms with Gasteiger partial charge in [-0.3, -0.25) is 4.98 Å². The Balaban J connectivity index is 2.18. The number of hydrogen-bond acceptors (Lipinski definition) is 6. The Hall–Kier alpha value is -1.80. The Bertz CT molecular complexity index is 705. The van der Waals surface area contributed by atoms with Crippen LogP contribution in [0.2, 0.25) is 0 Å². The van der Waals surface area contributed by atoms with E-state index in [-0.39, 0.29) is 16.2 Å². The molecule has 0 aliphatic carbocycles. The van der Waals surface area contributed by atoms with Crippen LogP contribution >= 0.6 is 0 Å². The lowest BCUT2D eigenvalue weighted by atomic mass is 9.96. The fraction of sp³-hybridized carbons (Fsp3) is 0.462. The smallest absolute Gasteiger partial charge is 0.244 e. The zero-order chi connectivity index (χ0) is 15.7. The molecule has 0 saturated heterocycles. The van der Waals surface area contributed by atoms with Crippen molar-refractivity contribution in [2.75, 3.05) is 0 Å². The average Bonchev–Trinajstić information content (AvgIpc) is 2.89. The first kappa shape index (κ1) is 15.6. The van der Waals surface area contributed by atoms with E-state index in [1.54, 1.807) is 13.0 Å². The second kappa shape index (κ2) is 5.53. The molecule has 0 radical (unpaired) electrons. The third-order valence-corrected chi connectivity index (χ3v) is 4.29. The molecule has 0 aromatic carbocycles. The highest BCUT2D eigenvalue weighted by molar-refractivity contribution is 7.89. The fourth-order valence-corrected chi connectivity index (χ4v) is 2.73. The van der Waals surface area contributed by atoms with E-state index in [2.05, 4.69) is 19.8 Å². The Kier molecular flexibility index (Phi) is 4.11. The second-order valence-electron chi connectivity index (χ2n) is 5.74. The summed E-state index contributed by atoms with van der Waals surface area (Å²) in [6.45, 7) is 7.50. The van der Waals surface area contributed by atoms with Gasteiger partial charge in [0.1, 0.15) is 4.90 Å². The molecule has 0 bridgehead atoms. The molecule has 0 aliphatic rings. The van der Waals surface area contributed by atoms with Gasteiger partial charge < -0.3 is 4.52 Å². The third kappa shape index (κ3) is 3.64. The second-order valence-corrected chi connectivity index (χ2v) is 7.45.